The topological polar surface area (TPSA) is 148 Å². The van der Waals surface area contributed by atoms with Gasteiger partial charge >= 0.3 is 6.09 Å². The van der Waals surface area contributed by atoms with Gasteiger partial charge in [-0.15, -0.1) is 0 Å². The number of alkyl carbamates (subject to hydrolysis) is 1. The summed E-state index contributed by atoms with van der Waals surface area (Å²) < 4.78 is 47.8. The number of amides is 1. The van der Waals surface area contributed by atoms with Crippen molar-refractivity contribution < 1.29 is 22.3 Å². The first-order valence-corrected chi connectivity index (χ1v) is 15.5. The maximum Gasteiger partial charge on any atom is 0.407 e. The third kappa shape index (κ3) is 7.53. The van der Waals surface area contributed by atoms with E-state index in [0.29, 0.717) is 28.2 Å². The molecule has 3 N–H and O–H groups in total. The molecule has 0 spiro atoms. The third-order valence-corrected chi connectivity index (χ3v) is 8.32. The molecule has 43 heavy (non-hydrogen) atoms. The Bertz CT molecular complexity index is 1740. The van der Waals surface area contributed by atoms with Gasteiger partial charge < -0.3 is 15.4 Å². The molecule has 0 aliphatic heterocycles. The second-order valence-electron chi connectivity index (χ2n) is 11.6. The van der Waals surface area contributed by atoms with E-state index in [0.717, 1.165) is 31.2 Å². The van der Waals surface area contributed by atoms with E-state index in [2.05, 4.69) is 35.3 Å². The molecule has 1 aliphatic carbocycles. The first-order chi connectivity index (χ1) is 20.4. The number of benzene rings is 1. The molecule has 1 aliphatic rings. The summed E-state index contributed by atoms with van der Waals surface area (Å²) in [7, 11) is -3.99. The number of hydrogen-bond acceptors (Lipinski definition) is 9. The minimum Gasteiger partial charge on any atom is -0.444 e. The van der Waals surface area contributed by atoms with Crippen molar-refractivity contribution in [3.05, 3.63) is 66.4 Å². The van der Waals surface area contributed by atoms with Crippen LogP contribution in [0.1, 0.15) is 52.0 Å². The molecule has 0 saturated heterocycles. The number of fused-ring (bicyclic) bond motifs is 1. The average molecular weight is 608 g/mol. The molecular formula is C30H34FN7O4S. The van der Waals surface area contributed by atoms with Crippen molar-refractivity contribution in [1.29, 1.82) is 0 Å². The molecular weight excluding hydrogens is 573 g/mol. The Balaban J connectivity index is 1.24. The van der Waals surface area contributed by atoms with E-state index in [1.165, 1.54) is 36.7 Å². The highest BCUT2D eigenvalue weighted by Crippen LogP contribution is 2.28. The smallest absolute Gasteiger partial charge is 0.407 e. The Kier molecular flexibility index (Phi) is 8.45. The summed E-state index contributed by atoms with van der Waals surface area (Å²) in [6.07, 6.45) is 7.20. The van der Waals surface area contributed by atoms with Crippen molar-refractivity contribution in [3.8, 4) is 11.3 Å². The summed E-state index contributed by atoms with van der Waals surface area (Å²) in [6.45, 7) is 7.41. The average Bonchev–Trinajstić information content (AvgIpc) is 2.95. The molecule has 0 bridgehead atoms. The van der Waals surface area contributed by atoms with Crippen molar-refractivity contribution >= 4 is 38.8 Å². The van der Waals surface area contributed by atoms with Crippen LogP contribution in [0.15, 0.2) is 59.9 Å². The van der Waals surface area contributed by atoms with Crippen molar-refractivity contribution in [3.63, 3.8) is 0 Å². The molecule has 11 nitrogen and oxygen atoms in total. The number of sulfonamides is 1. The van der Waals surface area contributed by atoms with Crippen LogP contribution < -0.4 is 15.4 Å². The molecule has 4 aromatic rings. The van der Waals surface area contributed by atoms with E-state index in [9.17, 15) is 17.6 Å². The van der Waals surface area contributed by atoms with Gasteiger partial charge in [-0.05, 0) is 89.3 Å². The Morgan fingerprint density at radius 2 is 1.77 bits per heavy atom. The maximum atomic E-state index is 15.0. The van der Waals surface area contributed by atoms with Gasteiger partial charge in [-0.2, -0.15) is 0 Å². The number of halogens is 1. The Morgan fingerprint density at radius 3 is 2.44 bits per heavy atom. The number of pyridine rings is 2. The normalized spacial score (nSPS) is 17.3. The molecule has 0 atom stereocenters. The lowest BCUT2D eigenvalue weighted by Gasteiger charge is -2.30. The van der Waals surface area contributed by atoms with Crippen LogP contribution in [-0.2, 0) is 14.8 Å². The number of ether oxygens (including phenoxy) is 1. The molecule has 0 radical (unpaired) electrons. The lowest BCUT2D eigenvalue weighted by atomic mass is 9.91. The number of anilines is 2. The van der Waals surface area contributed by atoms with Crippen LogP contribution in [0, 0.1) is 12.7 Å². The lowest BCUT2D eigenvalue weighted by Crippen LogP contribution is -2.42. The fraction of sp³-hybridized carbons (Fsp3) is 0.367. The van der Waals surface area contributed by atoms with E-state index >= 15 is 0 Å². The summed E-state index contributed by atoms with van der Waals surface area (Å²) in [4.78, 5) is 29.6. The molecule has 226 valence electrons. The van der Waals surface area contributed by atoms with Gasteiger partial charge in [0.05, 0.1) is 23.1 Å². The predicted molar refractivity (Wildman–Crippen MR) is 162 cm³/mol. The van der Waals surface area contributed by atoms with Gasteiger partial charge in [0.2, 0.25) is 5.95 Å². The van der Waals surface area contributed by atoms with E-state index in [1.807, 2.05) is 27.7 Å². The van der Waals surface area contributed by atoms with Crippen LogP contribution in [0.5, 0.6) is 0 Å². The zero-order valence-corrected chi connectivity index (χ0v) is 25.2. The lowest BCUT2D eigenvalue weighted by molar-refractivity contribution is 0.0492. The van der Waals surface area contributed by atoms with E-state index in [-0.39, 0.29) is 22.7 Å². The number of nitrogens with zero attached hydrogens (tertiary/aromatic N) is 4. The maximum absolute atomic E-state index is 15.0. The molecule has 3 heterocycles. The SMILES string of the molecule is Cc1cc(-c2ccc(NS(=O)(=O)c3cccnc3)c(F)c2)nc2cnc(NC3CCC(NC(=O)OC(C)(C)C)CC3)nc12. The highest BCUT2D eigenvalue weighted by atomic mass is 32.2. The number of carbonyl (C=O) groups is 1. The number of nitrogens with one attached hydrogen (secondary N) is 3. The second kappa shape index (κ2) is 12.1. The molecule has 1 aromatic carbocycles. The minimum absolute atomic E-state index is 0.0653. The van der Waals surface area contributed by atoms with Gasteiger partial charge in [-0.1, -0.05) is 6.07 Å². The summed E-state index contributed by atoms with van der Waals surface area (Å²) in [6, 6.07) is 9.10. The molecule has 13 heteroatoms. The van der Waals surface area contributed by atoms with Crippen molar-refractivity contribution in [2.24, 2.45) is 0 Å². The predicted octanol–water partition coefficient (Wildman–Crippen LogP) is 5.58. The first-order valence-electron chi connectivity index (χ1n) is 14.0. The van der Waals surface area contributed by atoms with Crippen LogP contribution in [0.4, 0.5) is 20.8 Å². The van der Waals surface area contributed by atoms with Crippen molar-refractivity contribution in [2.45, 2.75) is 76.0 Å². The highest BCUT2D eigenvalue weighted by Gasteiger charge is 2.25. The molecule has 5 rings (SSSR count). The van der Waals surface area contributed by atoms with Gasteiger partial charge in [0.25, 0.3) is 10.0 Å². The first kappa shape index (κ1) is 30.1. The fourth-order valence-corrected chi connectivity index (χ4v) is 5.94. The molecule has 1 fully saturated rings. The largest absolute Gasteiger partial charge is 0.444 e. The number of hydrogen-bond donors (Lipinski definition) is 3. The Labute approximate surface area is 249 Å². The van der Waals surface area contributed by atoms with E-state index in [4.69, 9.17) is 4.74 Å². The number of aromatic nitrogens is 4. The van der Waals surface area contributed by atoms with Gasteiger partial charge in [-0.25, -0.2) is 32.6 Å². The van der Waals surface area contributed by atoms with Gasteiger partial charge in [0, 0.05) is 30.0 Å². The van der Waals surface area contributed by atoms with Crippen LogP contribution in [0.2, 0.25) is 0 Å². The highest BCUT2D eigenvalue weighted by molar-refractivity contribution is 7.92. The standard InChI is InChI=1S/C30H34FN7O4S/c1-18-14-25(19-7-12-24(23(31)15-19)38-43(40,41)22-6-5-13-32-16-22)36-26-17-33-28(37-27(18)26)34-20-8-10-21(11-9-20)35-29(39)42-30(2,3)4/h5-7,12-17,20-21,38H,8-11H2,1-4H3,(H,35,39)(H,33,34,37). The number of rotatable bonds is 7. The molecule has 1 saturated carbocycles. The molecule has 3 aromatic heterocycles. The monoisotopic (exact) mass is 607 g/mol. The van der Waals surface area contributed by atoms with Crippen LogP contribution in [0.3, 0.4) is 0 Å². The van der Waals surface area contributed by atoms with Gasteiger partial charge in [0.1, 0.15) is 21.8 Å². The molecule has 0 unspecified atom stereocenters. The number of aryl methyl sites for hydroxylation is 1. The van der Waals surface area contributed by atoms with Gasteiger partial charge in [0.15, 0.2) is 0 Å². The van der Waals surface area contributed by atoms with Crippen LogP contribution >= 0.6 is 0 Å². The summed E-state index contributed by atoms with van der Waals surface area (Å²) >= 11 is 0. The summed E-state index contributed by atoms with van der Waals surface area (Å²) in [5.74, 6) is -0.249. The summed E-state index contributed by atoms with van der Waals surface area (Å²) in [5.41, 5.74) is 2.32. The van der Waals surface area contributed by atoms with E-state index in [1.54, 1.807) is 18.3 Å². The van der Waals surface area contributed by atoms with Crippen molar-refractivity contribution in [1.82, 2.24) is 25.3 Å². The second-order valence-corrected chi connectivity index (χ2v) is 13.3. The quantitative estimate of drug-likeness (QED) is 0.245. The third-order valence-electron chi connectivity index (χ3n) is 6.97. The fourth-order valence-electron chi connectivity index (χ4n) is 4.91. The van der Waals surface area contributed by atoms with Crippen LogP contribution in [0.25, 0.3) is 22.3 Å². The Hall–Kier alpha value is -4.39. The van der Waals surface area contributed by atoms with Crippen LogP contribution in [-0.4, -0.2) is 52.1 Å². The zero-order valence-electron chi connectivity index (χ0n) is 24.4. The Morgan fingerprint density at radius 1 is 1.02 bits per heavy atom. The summed E-state index contributed by atoms with van der Waals surface area (Å²) in [5, 5.41) is 6.35. The van der Waals surface area contributed by atoms with Crippen molar-refractivity contribution in [2.75, 3.05) is 10.0 Å². The van der Waals surface area contributed by atoms with Gasteiger partial charge in [-0.3, -0.25) is 9.71 Å². The number of carbonyl (C=O) groups excluding carboxylic acids is 1. The minimum atomic E-state index is -3.99. The zero-order chi connectivity index (χ0) is 30.8. The van der Waals surface area contributed by atoms with E-state index < -0.39 is 27.5 Å². The molecule has 1 amide bonds.